The summed E-state index contributed by atoms with van der Waals surface area (Å²) in [5, 5.41) is 10.5. The molecule has 0 spiro atoms. The quantitative estimate of drug-likeness (QED) is 0.812. The van der Waals surface area contributed by atoms with Crippen LogP contribution in [-0.4, -0.2) is 11.2 Å². The first kappa shape index (κ1) is 14.0. The summed E-state index contributed by atoms with van der Waals surface area (Å²) in [6.07, 6.45) is 2.70. The van der Waals surface area contributed by atoms with Gasteiger partial charge in [-0.1, -0.05) is 32.4 Å². The van der Waals surface area contributed by atoms with E-state index in [1.807, 2.05) is 45.0 Å². The molecule has 0 radical (unpaired) electrons. The molecule has 1 aromatic rings. The van der Waals surface area contributed by atoms with Gasteiger partial charge in [-0.25, -0.2) is 0 Å². The molecule has 0 aliphatic carbocycles. The van der Waals surface area contributed by atoms with E-state index < -0.39 is 5.60 Å². The zero-order chi connectivity index (χ0) is 12.9. The minimum atomic E-state index is -0.689. The maximum Gasteiger partial charge on any atom is 0.119 e. The molecule has 0 aliphatic rings. The van der Waals surface area contributed by atoms with Crippen LogP contribution in [0.2, 0.25) is 0 Å². The Morgan fingerprint density at radius 3 is 2.18 bits per heavy atom. The molecule has 0 aliphatic heterocycles. The van der Waals surface area contributed by atoms with Gasteiger partial charge >= 0.3 is 0 Å². The zero-order valence-corrected chi connectivity index (χ0v) is 11.4. The molecule has 1 atom stereocenters. The molecule has 2 heteroatoms. The van der Waals surface area contributed by atoms with Crippen LogP contribution in [0.3, 0.4) is 0 Å². The third-order valence-electron chi connectivity index (χ3n) is 3.01. The van der Waals surface area contributed by atoms with E-state index in [2.05, 4.69) is 6.92 Å². The molecule has 1 rings (SSSR count). The molecule has 0 aromatic heterocycles. The number of hydrogen-bond acceptors (Lipinski definition) is 2. The maximum atomic E-state index is 10.5. The summed E-state index contributed by atoms with van der Waals surface area (Å²) >= 11 is 0. The maximum absolute atomic E-state index is 10.5. The second-order valence-corrected chi connectivity index (χ2v) is 4.83. The van der Waals surface area contributed by atoms with Gasteiger partial charge in [-0.3, -0.25) is 0 Å². The van der Waals surface area contributed by atoms with E-state index in [0.717, 1.165) is 30.6 Å². The highest BCUT2D eigenvalue weighted by Gasteiger charge is 2.25. The van der Waals surface area contributed by atoms with Crippen LogP contribution in [0.5, 0.6) is 5.75 Å². The molecule has 96 valence electrons. The largest absolute Gasteiger partial charge is 0.491 e. The van der Waals surface area contributed by atoms with Crippen LogP contribution < -0.4 is 4.74 Å². The van der Waals surface area contributed by atoms with Gasteiger partial charge in [-0.2, -0.15) is 0 Å². The lowest BCUT2D eigenvalue weighted by atomic mass is 9.87. The van der Waals surface area contributed by atoms with Crippen molar-refractivity contribution in [1.82, 2.24) is 0 Å². The Morgan fingerprint density at radius 2 is 1.76 bits per heavy atom. The summed E-state index contributed by atoms with van der Waals surface area (Å²) in [5.41, 5.74) is 0.295. The number of benzene rings is 1. The van der Waals surface area contributed by atoms with Gasteiger partial charge in [0.2, 0.25) is 0 Å². The van der Waals surface area contributed by atoms with Crippen LogP contribution in [0.15, 0.2) is 24.3 Å². The fourth-order valence-electron chi connectivity index (χ4n) is 2.05. The van der Waals surface area contributed by atoms with Crippen LogP contribution in [0.25, 0.3) is 0 Å². The van der Waals surface area contributed by atoms with Crippen molar-refractivity contribution in [3.63, 3.8) is 0 Å². The molecule has 0 saturated heterocycles. The number of ether oxygens (including phenoxy) is 1. The molecule has 0 heterocycles. The van der Waals surface area contributed by atoms with Crippen molar-refractivity contribution >= 4 is 0 Å². The minimum absolute atomic E-state index is 0.182. The highest BCUT2D eigenvalue weighted by atomic mass is 16.5. The number of hydrogen-bond donors (Lipinski definition) is 1. The molecule has 0 bridgehead atoms. The molecular weight excluding hydrogens is 212 g/mol. The van der Waals surface area contributed by atoms with Crippen LogP contribution in [0, 0.1) is 0 Å². The van der Waals surface area contributed by atoms with Crippen molar-refractivity contribution in [3.05, 3.63) is 29.8 Å². The van der Waals surface area contributed by atoms with Crippen LogP contribution in [0.1, 0.15) is 52.5 Å². The Bertz CT molecular complexity index is 329. The zero-order valence-electron chi connectivity index (χ0n) is 11.4. The average Bonchev–Trinajstić information content (AvgIpc) is 2.29. The Morgan fingerprint density at radius 1 is 1.18 bits per heavy atom. The highest BCUT2D eigenvalue weighted by molar-refractivity contribution is 5.31. The monoisotopic (exact) mass is 236 g/mol. The summed E-state index contributed by atoms with van der Waals surface area (Å²) < 4.78 is 5.59. The second-order valence-electron chi connectivity index (χ2n) is 4.83. The topological polar surface area (TPSA) is 29.5 Å². The smallest absolute Gasteiger partial charge is 0.119 e. The lowest BCUT2D eigenvalue weighted by molar-refractivity contribution is 0.0225. The van der Waals surface area contributed by atoms with Crippen molar-refractivity contribution in [2.45, 2.75) is 58.7 Å². The SMILES string of the molecule is CCCC(O)(CC)c1ccc(OC(C)C)cc1. The van der Waals surface area contributed by atoms with Gasteiger partial charge < -0.3 is 9.84 Å². The Kier molecular flexibility index (Phi) is 5.01. The van der Waals surface area contributed by atoms with Crippen LogP contribution in [-0.2, 0) is 5.60 Å². The average molecular weight is 236 g/mol. The molecule has 0 fully saturated rings. The molecule has 1 aromatic carbocycles. The van der Waals surface area contributed by atoms with Crippen molar-refractivity contribution in [2.75, 3.05) is 0 Å². The molecule has 1 unspecified atom stereocenters. The first-order chi connectivity index (χ1) is 8.01. The van der Waals surface area contributed by atoms with Crippen LogP contribution in [0.4, 0.5) is 0 Å². The summed E-state index contributed by atoms with van der Waals surface area (Å²) in [6, 6.07) is 7.81. The highest BCUT2D eigenvalue weighted by Crippen LogP contribution is 2.31. The van der Waals surface area contributed by atoms with Crippen molar-refractivity contribution < 1.29 is 9.84 Å². The van der Waals surface area contributed by atoms with Crippen molar-refractivity contribution in [3.8, 4) is 5.75 Å². The van der Waals surface area contributed by atoms with E-state index in [9.17, 15) is 5.11 Å². The fourth-order valence-corrected chi connectivity index (χ4v) is 2.05. The molecular formula is C15H24O2. The van der Waals surface area contributed by atoms with E-state index in [-0.39, 0.29) is 6.10 Å². The van der Waals surface area contributed by atoms with Crippen molar-refractivity contribution in [1.29, 1.82) is 0 Å². The Labute approximate surface area is 105 Å². The first-order valence-corrected chi connectivity index (χ1v) is 6.51. The van der Waals surface area contributed by atoms with E-state index in [0.29, 0.717) is 0 Å². The number of rotatable bonds is 6. The van der Waals surface area contributed by atoms with Gasteiger partial charge in [0, 0.05) is 0 Å². The predicted molar refractivity (Wildman–Crippen MR) is 71.3 cm³/mol. The first-order valence-electron chi connectivity index (χ1n) is 6.51. The van der Waals surface area contributed by atoms with Crippen LogP contribution >= 0.6 is 0 Å². The van der Waals surface area contributed by atoms with Gasteiger partial charge in [0.1, 0.15) is 5.75 Å². The summed E-state index contributed by atoms with van der Waals surface area (Å²) in [6.45, 7) is 8.13. The standard InChI is InChI=1S/C15H24O2/c1-5-11-15(16,6-2)13-7-9-14(10-8-13)17-12(3)4/h7-10,12,16H,5-6,11H2,1-4H3. The molecule has 2 nitrogen and oxygen atoms in total. The van der Waals surface area contributed by atoms with E-state index in [1.54, 1.807) is 0 Å². The molecule has 0 saturated carbocycles. The van der Waals surface area contributed by atoms with E-state index in [4.69, 9.17) is 4.74 Å². The molecule has 1 N–H and O–H groups in total. The minimum Gasteiger partial charge on any atom is -0.491 e. The second kappa shape index (κ2) is 6.06. The van der Waals surface area contributed by atoms with Gasteiger partial charge in [0.15, 0.2) is 0 Å². The Hall–Kier alpha value is -1.02. The predicted octanol–water partition coefficient (Wildman–Crippen LogP) is 3.87. The lowest BCUT2D eigenvalue weighted by Gasteiger charge is -2.27. The van der Waals surface area contributed by atoms with Crippen molar-refractivity contribution in [2.24, 2.45) is 0 Å². The summed E-state index contributed by atoms with van der Waals surface area (Å²) in [7, 11) is 0. The van der Waals surface area contributed by atoms with Gasteiger partial charge in [-0.15, -0.1) is 0 Å². The summed E-state index contributed by atoms with van der Waals surface area (Å²) in [4.78, 5) is 0. The third kappa shape index (κ3) is 3.74. The fraction of sp³-hybridized carbons (Fsp3) is 0.600. The van der Waals surface area contributed by atoms with E-state index in [1.165, 1.54) is 0 Å². The Balaban J connectivity index is 2.85. The van der Waals surface area contributed by atoms with Gasteiger partial charge in [-0.05, 0) is 44.4 Å². The van der Waals surface area contributed by atoms with Gasteiger partial charge in [0.25, 0.3) is 0 Å². The molecule has 0 amide bonds. The molecule has 17 heavy (non-hydrogen) atoms. The summed E-state index contributed by atoms with van der Waals surface area (Å²) in [5.74, 6) is 0.860. The third-order valence-corrected chi connectivity index (χ3v) is 3.01. The number of aliphatic hydroxyl groups is 1. The van der Waals surface area contributed by atoms with Gasteiger partial charge in [0.05, 0.1) is 11.7 Å². The lowest BCUT2D eigenvalue weighted by Crippen LogP contribution is -2.24. The normalized spacial score (nSPS) is 14.7. The van der Waals surface area contributed by atoms with E-state index >= 15 is 0 Å².